The maximum absolute atomic E-state index is 13.9. The second kappa shape index (κ2) is 7.70. The number of aliphatic hydroxyl groups excluding tert-OH is 1. The minimum atomic E-state index is -3.60. The topological polar surface area (TPSA) is 83.5 Å². The van der Waals surface area contributed by atoms with Gasteiger partial charge in [0, 0.05) is 0 Å². The SMILES string of the molecule is O=C(CNS(=O)(=O)C1CCCCC1)c1cc(CO)cc(Cl)c1F. The number of nitrogens with one attached hydrogen (secondary N) is 1. The van der Waals surface area contributed by atoms with Gasteiger partial charge in [-0.25, -0.2) is 17.5 Å². The molecule has 8 heteroatoms. The Hall–Kier alpha value is -1.02. The lowest BCUT2D eigenvalue weighted by Crippen LogP contribution is -2.38. The Kier molecular flexibility index (Phi) is 6.13. The molecule has 128 valence electrons. The summed E-state index contributed by atoms with van der Waals surface area (Å²) in [6, 6.07) is 2.40. The molecule has 0 radical (unpaired) electrons. The minimum Gasteiger partial charge on any atom is -0.392 e. The zero-order valence-electron chi connectivity index (χ0n) is 12.5. The molecule has 23 heavy (non-hydrogen) atoms. The second-order valence-corrected chi connectivity index (χ2v) is 8.10. The van der Waals surface area contributed by atoms with Crippen LogP contribution in [0, 0.1) is 5.82 Å². The molecule has 2 N–H and O–H groups in total. The lowest BCUT2D eigenvalue weighted by atomic mass is 10.0. The van der Waals surface area contributed by atoms with E-state index in [4.69, 9.17) is 16.7 Å². The summed E-state index contributed by atoms with van der Waals surface area (Å²) in [5.74, 6) is -1.63. The van der Waals surface area contributed by atoms with Crippen LogP contribution in [0.15, 0.2) is 12.1 Å². The highest BCUT2D eigenvalue weighted by Gasteiger charge is 2.28. The molecule has 0 aromatic heterocycles. The van der Waals surface area contributed by atoms with Gasteiger partial charge in [-0.3, -0.25) is 4.79 Å². The van der Waals surface area contributed by atoms with Crippen molar-refractivity contribution in [1.29, 1.82) is 0 Å². The van der Waals surface area contributed by atoms with Crippen LogP contribution in [0.25, 0.3) is 0 Å². The molecule has 0 bridgehead atoms. The first-order valence-corrected chi connectivity index (χ1v) is 9.38. The van der Waals surface area contributed by atoms with Crippen molar-refractivity contribution in [3.05, 3.63) is 34.1 Å². The van der Waals surface area contributed by atoms with E-state index in [0.29, 0.717) is 12.8 Å². The highest BCUT2D eigenvalue weighted by atomic mass is 35.5. The molecule has 1 fully saturated rings. The Morgan fingerprint density at radius 1 is 1.30 bits per heavy atom. The van der Waals surface area contributed by atoms with Gasteiger partial charge < -0.3 is 5.11 Å². The van der Waals surface area contributed by atoms with Crippen molar-refractivity contribution in [2.24, 2.45) is 0 Å². The fraction of sp³-hybridized carbons (Fsp3) is 0.533. The molecule has 1 saturated carbocycles. The summed E-state index contributed by atoms with van der Waals surface area (Å²) >= 11 is 5.68. The average molecular weight is 364 g/mol. The van der Waals surface area contributed by atoms with Crippen molar-refractivity contribution in [3.8, 4) is 0 Å². The molecule has 1 aliphatic carbocycles. The van der Waals surface area contributed by atoms with E-state index in [0.717, 1.165) is 19.3 Å². The predicted octanol–water partition coefficient (Wildman–Crippen LogP) is 2.41. The van der Waals surface area contributed by atoms with Crippen molar-refractivity contribution in [3.63, 3.8) is 0 Å². The number of aliphatic hydroxyl groups is 1. The van der Waals surface area contributed by atoms with Crippen molar-refractivity contribution >= 4 is 27.4 Å². The van der Waals surface area contributed by atoms with E-state index < -0.39 is 40.0 Å². The van der Waals surface area contributed by atoms with Crippen LogP contribution in [0.2, 0.25) is 5.02 Å². The highest BCUT2D eigenvalue weighted by molar-refractivity contribution is 7.90. The van der Waals surface area contributed by atoms with Crippen molar-refractivity contribution in [2.75, 3.05) is 6.54 Å². The molecule has 0 saturated heterocycles. The number of carbonyl (C=O) groups excluding carboxylic acids is 1. The van der Waals surface area contributed by atoms with Crippen LogP contribution in [0.4, 0.5) is 4.39 Å². The first-order chi connectivity index (χ1) is 10.8. The zero-order chi connectivity index (χ0) is 17.0. The fourth-order valence-electron chi connectivity index (χ4n) is 2.69. The summed E-state index contributed by atoms with van der Waals surface area (Å²) in [6.45, 7) is -0.922. The summed E-state index contributed by atoms with van der Waals surface area (Å²) in [7, 11) is -3.60. The number of Topliss-reactive ketones (excluding diaryl/α,β-unsaturated/α-hetero) is 1. The van der Waals surface area contributed by atoms with Gasteiger partial charge in [0.05, 0.1) is 29.0 Å². The van der Waals surface area contributed by atoms with Gasteiger partial charge in [0.25, 0.3) is 0 Å². The van der Waals surface area contributed by atoms with Gasteiger partial charge in [-0.15, -0.1) is 0 Å². The molecule has 0 unspecified atom stereocenters. The number of rotatable bonds is 6. The fourth-order valence-corrected chi connectivity index (χ4v) is 4.46. The smallest absolute Gasteiger partial charge is 0.214 e. The van der Waals surface area contributed by atoms with Crippen molar-refractivity contribution < 1.29 is 22.7 Å². The number of carbonyl (C=O) groups is 1. The third-order valence-corrected chi connectivity index (χ3v) is 6.17. The molecule has 1 aromatic rings. The quantitative estimate of drug-likeness (QED) is 0.760. The van der Waals surface area contributed by atoms with Gasteiger partial charge in [-0.1, -0.05) is 30.9 Å². The van der Waals surface area contributed by atoms with Gasteiger partial charge in [0.1, 0.15) is 0 Å². The third kappa shape index (κ3) is 4.50. The normalized spacial score (nSPS) is 16.5. The van der Waals surface area contributed by atoms with Crippen LogP contribution in [0.3, 0.4) is 0 Å². The Morgan fingerprint density at radius 3 is 2.57 bits per heavy atom. The Morgan fingerprint density at radius 2 is 1.96 bits per heavy atom. The van der Waals surface area contributed by atoms with Crippen LogP contribution in [0.1, 0.15) is 48.0 Å². The molecule has 5 nitrogen and oxygen atoms in total. The summed E-state index contributed by atoms with van der Waals surface area (Å²) < 4.78 is 40.5. The van der Waals surface area contributed by atoms with E-state index in [-0.39, 0.29) is 16.1 Å². The molecule has 0 heterocycles. The molecule has 2 rings (SSSR count). The van der Waals surface area contributed by atoms with E-state index in [1.165, 1.54) is 12.1 Å². The van der Waals surface area contributed by atoms with E-state index in [1.54, 1.807) is 0 Å². The predicted molar refractivity (Wildman–Crippen MR) is 85.5 cm³/mol. The third-order valence-electron chi connectivity index (χ3n) is 4.00. The van der Waals surface area contributed by atoms with Gasteiger partial charge >= 0.3 is 0 Å². The maximum atomic E-state index is 13.9. The molecule has 0 atom stereocenters. The van der Waals surface area contributed by atoms with E-state index in [9.17, 15) is 17.6 Å². The summed E-state index contributed by atoms with van der Waals surface area (Å²) in [4.78, 5) is 12.1. The average Bonchev–Trinajstić information content (AvgIpc) is 2.56. The van der Waals surface area contributed by atoms with Crippen molar-refractivity contribution in [2.45, 2.75) is 44.0 Å². The van der Waals surface area contributed by atoms with Gasteiger partial charge in [-0.2, -0.15) is 0 Å². The number of ketones is 1. The molecule has 0 aliphatic heterocycles. The zero-order valence-corrected chi connectivity index (χ0v) is 14.1. The molecular formula is C15H19ClFNO4S. The largest absolute Gasteiger partial charge is 0.392 e. The van der Waals surface area contributed by atoms with Crippen LogP contribution in [-0.2, 0) is 16.6 Å². The molecular weight excluding hydrogens is 345 g/mol. The molecule has 1 aliphatic rings. The number of sulfonamides is 1. The van der Waals surface area contributed by atoms with E-state index in [2.05, 4.69) is 4.72 Å². The lowest BCUT2D eigenvalue weighted by molar-refractivity contribution is 0.0993. The summed E-state index contributed by atoms with van der Waals surface area (Å²) in [6.07, 6.45) is 3.86. The van der Waals surface area contributed by atoms with Gasteiger partial charge in [0.15, 0.2) is 11.6 Å². The van der Waals surface area contributed by atoms with Crippen LogP contribution in [0.5, 0.6) is 0 Å². The van der Waals surface area contributed by atoms with E-state index in [1.807, 2.05) is 0 Å². The van der Waals surface area contributed by atoms with Crippen LogP contribution >= 0.6 is 11.6 Å². The number of hydrogen-bond donors (Lipinski definition) is 2. The minimum absolute atomic E-state index is 0.282. The van der Waals surface area contributed by atoms with Crippen LogP contribution < -0.4 is 4.72 Å². The summed E-state index contributed by atoms with van der Waals surface area (Å²) in [5, 5.41) is 8.30. The molecule has 0 amide bonds. The first kappa shape index (κ1) is 18.3. The highest BCUT2D eigenvalue weighted by Crippen LogP contribution is 2.24. The second-order valence-electron chi connectivity index (χ2n) is 5.65. The van der Waals surface area contributed by atoms with Crippen molar-refractivity contribution in [1.82, 2.24) is 4.72 Å². The van der Waals surface area contributed by atoms with E-state index >= 15 is 0 Å². The Labute approximate surface area is 139 Å². The van der Waals surface area contributed by atoms with Gasteiger partial charge in [-0.05, 0) is 30.5 Å². The van der Waals surface area contributed by atoms with Gasteiger partial charge in [0.2, 0.25) is 10.0 Å². The summed E-state index contributed by atoms with van der Waals surface area (Å²) in [5.41, 5.74) is -0.0391. The number of hydrogen-bond acceptors (Lipinski definition) is 4. The lowest BCUT2D eigenvalue weighted by Gasteiger charge is -2.21. The number of benzene rings is 1. The maximum Gasteiger partial charge on any atom is 0.214 e. The molecule has 0 spiro atoms. The standard InChI is InChI=1S/C15H19ClFNO4S/c16-13-7-10(9-19)6-12(15(13)17)14(20)8-18-23(21,22)11-4-2-1-3-5-11/h6-7,11,18-19H,1-5,8-9H2. The molecule has 1 aromatic carbocycles. The Bertz CT molecular complexity index is 687. The number of halogens is 2. The first-order valence-electron chi connectivity index (χ1n) is 7.45. The van der Waals surface area contributed by atoms with Crippen LogP contribution in [-0.4, -0.2) is 31.1 Å². The Balaban J connectivity index is 2.09. The monoisotopic (exact) mass is 363 g/mol.